The van der Waals surface area contributed by atoms with E-state index in [4.69, 9.17) is 9.40 Å². The summed E-state index contributed by atoms with van der Waals surface area (Å²) in [5, 5.41) is 1.30. The van der Waals surface area contributed by atoms with Gasteiger partial charge < -0.3 is 9.32 Å². The normalized spacial score (nSPS) is 13.3. The molecule has 0 aliphatic heterocycles. The Hall–Kier alpha value is -2.84. The van der Waals surface area contributed by atoms with Crippen LogP contribution < -0.4 is 5.56 Å². The van der Waals surface area contributed by atoms with Crippen molar-refractivity contribution in [3.05, 3.63) is 74.8 Å². The van der Waals surface area contributed by atoms with E-state index in [1.54, 1.807) is 34.1 Å². The first-order valence-corrected chi connectivity index (χ1v) is 12.8. The Labute approximate surface area is 200 Å². The van der Waals surface area contributed by atoms with Crippen LogP contribution in [0.15, 0.2) is 57.0 Å². The molecule has 3 heterocycles. The first kappa shape index (κ1) is 22.0. The van der Waals surface area contributed by atoms with E-state index < -0.39 is 0 Å². The molecule has 0 unspecified atom stereocenters. The van der Waals surface area contributed by atoms with Crippen molar-refractivity contribution >= 4 is 39.2 Å². The fraction of sp³-hybridized carbons (Fsp3) is 0.320. The third-order valence-electron chi connectivity index (χ3n) is 5.97. The Kier molecular flexibility index (Phi) is 6.12. The third-order valence-corrected chi connectivity index (χ3v) is 8.08. The van der Waals surface area contributed by atoms with E-state index in [-0.39, 0.29) is 17.2 Å². The van der Waals surface area contributed by atoms with Gasteiger partial charge in [0.15, 0.2) is 5.16 Å². The van der Waals surface area contributed by atoms with Crippen molar-refractivity contribution < 1.29 is 9.21 Å². The Bertz CT molecular complexity index is 1350. The van der Waals surface area contributed by atoms with E-state index in [1.807, 2.05) is 43.3 Å². The van der Waals surface area contributed by atoms with Gasteiger partial charge in [-0.3, -0.25) is 14.2 Å². The van der Waals surface area contributed by atoms with E-state index in [0.29, 0.717) is 11.7 Å². The second kappa shape index (κ2) is 9.19. The first-order chi connectivity index (χ1) is 16.0. The molecule has 0 saturated carbocycles. The number of rotatable bonds is 6. The fourth-order valence-corrected chi connectivity index (χ4v) is 6.42. The molecule has 4 aromatic rings. The molecule has 0 bridgehead atoms. The summed E-state index contributed by atoms with van der Waals surface area (Å²) in [4.78, 5) is 35.2. The number of benzene rings is 1. The van der Waals surface area contributed by atoms with Crippen LogP contribution in [0.2, 0.25) is 0 Å². The minimum absolute atomic E-state index is 0.0397. The summed E-state index contributed by atoms with van der Waals surface area (Å²) in [6, 6.07) is 11.5. The Balaban J connectivity index is 1.51. The Morgan fingerprint density at radius 1 is 1.21 bits per heavy atom. The molecule has 0 N–H and O–H groups in total. The van der Waals surface area contributed by atoms with Crippen LogP contribution in [-0.4, -0.2) is 33.2 Å². The van der Waals surface area contributed by atoms with Gasteiger partial charge in [-0.1, -0.05) is 29.5 Å². The van der Waals surface area contributed by atoms with Crippen molar-refractivity contribution in [3.8, 4) is 5.69 Å². The van der Waals surface area contributed by atoms with Crippen molar-refractivity contribution in [2.75, 3.05) is 12.8 Å². The molecule has 5 rings (SSSR count). The molecule has 0 atom stereocenters. The lowest BCUT2D eigenvalue weighted by molar-refractivity contribution is -0.127. The van der Waals surface area contributed by atoms with Gasteiger partial charge in [0.25, 0.3) is 5.56 Å². The van der Waals surface area contributed by atoms with Crippen LogP contribution in [0.4, 0.5) is 0 Å². The minimum atomic E-state index is -0.0494. The van der Waals surface area contributed by atoms with Crippen LogP contribution in [0, 0.1) is 6.92 Å². The predicted molar refractivity (Wildman–Crippen MR) is 133 cm³/mol. The number of carbonyl (C=O) groups excluding carboxylic acids is 1. The average Bonchev–Trinajstić information content (AvgIpc) is 3.45. The summed E-state index contributed by atoms with van der Waals surface area (Å²) >= 11 is 2.94. The number of furan rings is 1. The number of nitrogens with zero attached hydrogens (tertiary/aromatic N) is 3. The van der Waals surface area contributed by atoms with Crippen molar-refractivity contribution in [3.63, 3.8) is 0 Å². The van der Waals surface area contributed by atoms with Gasteiger partial charge in [0, 0.05) is 11.9 Å². The summed E-state index contributed by atoms with van der Waals surface area (Å²) in [6.07, 6.45) is 5.81. The molecule has 1 aliphatic carbocycles. The molecule has 0 spiro atoms. The van der Waals surface area contributed by atoms with E-state index >= 15 is 0 Å². The van der Waals surface area contributed by atoms with E-state index in [9.17, 15) is 9.59 Å². The quantitative estimate of drug-likeness (QED) is 0.288. The van der Waals surface area contributed by atoms with Gasteiger partial charge in [0.05, 0.1) is 29.6 Å². The lowest BCUT2D eigenvalue weighted by Gasteiger charge is -2.17. The standard InChI is InChI=1S/C25H25N3O3S2/c1-16-9-11-17(12-10-16)28-24(30)22-19-7-3-4-8-20(19)33-23(22)26-25(28)32-15-21(29)27(2)14-18-6-5-13-31-18/h5-6,9-13H,3-4,7-8,14-15H2,1-2H3. The Morgan fingerprint density at radius 2 is 2.00 bits per heavy atom. The van der Waals surface area contributed by atoms with Crippen molar-refractivity contribution in [2.24, 2.45) is 0 Å². The summed E-state index contributed by atoms with van der Waals surface area (Å²) in [7, 11) is 1.75. The molecule has 3 aromatic heterocycles. The largest absolute Gasteiger partial charge is 0.467 e. The summed E-state index contributed by atoms with van der Waals surface area (Å²) < 4.78 is 7.02. The maximum atomic E-state index is 13.8. The van der Waals surface area contributed by atoms with Crippen LogP contribution in [0.25, 0.3) is 15.9 Å². The summed E-state index contributed by atoms with van der Waals surface area (Å²) in [6.45, 7) is 2.42. The zero-order valence-electron chi connectivity index (χ0n) is 18.7. The smallest absolute Gasteiger partial charge is 0.267 e. The van der Waals surface area contributed by atoms with Gasteiger partial charge in [-0.15, -0.1) is 11.3 Å². The highest BCUT2D eigenvalue weighted by Gasteiger charge is 2.23. The van der Waals surface area contributed by atoms with E-state index in [0.717, 1.165) is 52.9 Å². The molecule has 8 heteroatoms. The Morgan fingerprint density at radius 3 is 2.76 bits per heavy atom. The second-order valence-corrected chi connectivity index (χ2v) is 10.4. The molecule has 0 saturated heterocycles. The maximum Gasteiger partial charge on any atom is 0.267 e. The topological polar surface area (TPSA) is 68.3 Å². The molecule has 1 aliphatic rings. The second-order valence-electron chi connectivity index (χ2n) is 8.38. The van der Waals surface area contributed by atoms with Gasteiger partial charge in [0.1, 0.15) is 10.6 Å². The molecule has 1 aromatic carbocycles. The van der Waals surface area contributed by atoms with Crippen LogP contribution in [0.5, 0.6) is 0 Å². The highest BCUT2D eigenvalue weighted by molar-refractivity contribution is 7.99. The number of carbonyl (C=O) groups is 1. The van der Waals surface area contributed by atoms with Crippen LogP contribution in [-0.2, 0) is 24.2 Å². The third kappa shape index (κ3) is 4.37. The van der Waals surface area contributed by atoms with E-state index in [1.165, 1.54) is 22.2 Å². The SMILES string of the molecule is Cc1ccc(-n2c(SCC(=O)N(C)Cc3ccco3)nc3sc4c(c3c2=O)CCCC4)cc1. The predicted octanol–water partition coefficient (Wildman–Crippen LogP) is 4.98. The van der Waals surface area contributed by atoms with E-state index in [2.05, 4.69) is 0 Å². The molecule has 170 valence electrons. The van der Waals surface area contributed by atoms with Gasteiger partial charge in [-0.05, 0) is 62.4 Å². The fourth-order valence-electron chi connectivity index (χ4n) is 4.17. The molecular formula is C25H25N3O3S2. The van der Waals surface area contributed by atoms with Crippen LogP contribution in [0.1, 0.15) is 34.6 Å². The monoisotopic (exact) mass is 479 g/mol. The zero-order valence-corrected chi connectivity index (χ0v) is 20.3. The number of aryl methyl sites for hydroxylation is 3. The molecule has 33 heavy (non-hydrogen) atoms. The lowest BCUT2D eigenvalue weighted by Crippen LogP contribution is -2.28. The van der Waals surface area contributed by atoms with Gasteiger partial charge in [-0.2, -0.15) is 0 Å². The number of thiophene rings is 1. The number of thioether (sulfide) groups is 1. The summed E-state index contributed by atoms with van der Waals surface area (Å²) in [5.74, 6) is 0.870. The number of amides is 1. The van der Waals surface area contributed by atoms with Gasteiger partial charge >= 0.3 is 0 Å². The highest BCUT2D eigenvalue weighted by atomic mass is 32.2. The molecule has 1 amide bonds. The van der Waals surface area contributed by atoms with Gasteiger partial charge in [-0.25, -0.2) is 4.98 Å². The zero-order chi connectivity index (χ0) is 22.9. The average molecular weight is 480 g/mol. The van der Waals surface area contributed by atoms with Crippen molar-refractivity contribution in [2.45, 2.75) is 44.3 Å². The van der Waals surface area contributed by atoms with Gasteiger partial charge in [0.2, 0.25) is 5.91 Å². The number of hydrogen-bond acceptors (Lipinski definition) is 6. The number of fused-ring (bicyclic) bond motifs is 3. The molecule has 6 nitrogen and oxygen atoms in total. The summed E-state index contributed by atoms with van der Waals surface area (Å²) in [5.41, 5.74) is 3.03. The number of aromatic nitrogens is 2. The van der Waals surface area contributed by atoms with Crippen molar-refractivity contribution in [1.82, 2.24) is 14.5 Å². The maximum absolute atomic E-state index is 13.8. The molecule has 0 radical (unpaired) electrons. The first-order valence-electron chi connectivity index (χ1n) is 11.0. The molecule has 0 fully saturated rings. The van der Waals surface area contributed by atoms with Crippen LogP contribution >= 0.6 is 23.1 Å². The highest BCUT2D eigenvalue weighted by Crippen LogP contribution is 2.35. The van der Waals surface area contributed by atoms with Crippen molar-refractivity contribution in [1.29, 1.82) is 0 Å². The number of hydrogen-bond donors (Lipinski definition) is 0. The lowest BCUT2D eigenvalue weighted by atomic mass is 9.97. The minimum Gasteiger partial charge on any atom is -0.467 e. The molecular weight excluding hydrogens is 454 g/mol. The van der Waals surface area contributed by atoms with Crippen LogP contribution in [0.3, 0.4) is 0 Å².